The maximum atomic E-state index is 8.95. The number of halogens is 1. The molecule has 0 spiro atoms. The summed E-state index contributed by atoms with van der Waals surface area (Å²) in [5.41, 5.74) is 6.71. The van der Waals surface area contributed by atoms with Gasteiger partial charge in [-0.2, -0.15) is 0 Å². The molecule has 0 radical (unpaired) electrons. The maximum Gasteiger partial charge on any atom is 0.0474 e. The minimum atomic E-state index is 0.159. The number of aliphatic hydroxyl groups excluding tert-OH is 1. The first-order valence-corrected chi connectivity index (χ1v) is 5.11. The third kappa shape index (κ3) is 3.46. The summed E-state index contributed by atoms with van der Waals surface area (Å²) in [5, 5.41) is 8.95. The highest BCUT2D eigenvalue weighted by atomic mass is 79.9. The lowest BCUT2D eigenvalue weighted by Gasteiger charge is -2.10. The van der Waals surface area contributed by atoms with Crippen LogP contribution in [0.15, 0.2) is 28.7 Å². The first-order valence-electron chi connectivity index (χ1n) is 4.31. The standard InChI is InChI=1S/C10H14BrNO/c11-10-3-1-8(2-4-10)5-9(6-12)7-13/h1-4,9,13H,5-7,12H2/t9-/m0/s1. The Hall–Kier alpha value is -0.380. The van der Waals surface area contributed by atoms with Crippen molar-refractivity contribution in [3.8, 4) is 0 Å². The van der Waals surface area contributed by atoms with Gasteiger partial charge in [-0.05, 0) is 36.6 Å². The van der Waals surface area contributed by atoms with E-state index in [-0.39, 0.29) is 12.5 Å². The van der Waals surface area contributed by atoms with Crippen molar-refractivity contribution in [1.29, 1.82) is 0 Å². The topological polar surface area (TPSA) is 46.2 Å². The molecule has 0 amide bonds. The normalized spacial score (nSPS) is 12.8. The Morgan fingerprint density at radius 3 is 2.38 bits per heavy atom. The van der Waals surface area contributed by atoms with Gasteiger partial charge in [0.25, 0.3) is 0 Å². The Morgan fingerprint density at radius 2 is 1.92 bits per heavy atom. The number of aliphatic hydroxyl groups is 1. The van der Waals surface area contributed by atoms with Gasteiger partial charge in [0.2, 0.25) is 0 Å². The first kappa shape index (κ1) is 10.7. The van der Waals surface area contributed by atoms with Gasteiger partial charge in [0, 0.05) is 11.1 Å². The van der Waals surface area contributed by atoms with Gasteiger partial charge in [0.15, 0.2) is 0 Å². The van der Waals surface area contributed by atoms with Crippen LogP contribution in [0.1, 0.15) is 5.56 Å². The van der Waals surface area contributed by atoms with Crippen LogP contribution in [0, 0.1) is 5.92 Å². The second-order valence-electron chi connectivity index (χ2n) is 3.11. The van der Waals surface area contributed by atoms with Gasteiger partial charge >= 0.3 is 0 Å². The molecule has 0 fully saturated rings. The Kier molecular flexibility index (Phi) is 4.42. The molecule has 1 aromatic rings. The van der Waals surface area contributed by atoms with Crippen molar-refractivity contribution in [3.63, 3.8) is 0 Å². The summed E-state index contributed by atoms with van der Waals surface area (Å²) in [6, 6.07) is 8.09. The molecule has 1 atom stereocenters. The minimum Gasteiger partial charge on any atom is -0.396 e. The molecule has 0 aromatic heterocycles. The molecule has 3 N–H and O–H groups in total. The van der Waals surface area contributed by atoms with Gasteiger partial charge in [0.05, 0.1) is 0 Å². The van der Waals surface area contributed by atoms with Crippen molar-refractivity contribution in [3.05, 3.63) is 34.3 Å². The fraction of sp³-hybridized carbons (Fsp3) is 0.400. The largest absolute Gasteiger partial charge is 0.396 e. The molecule has 0 aliphatic heterocycles. The lowest BCUT2D eigenvalue weighted by Crippen LogP contribution is -2.20. The molecule has 0 heterocycles. The Bertz CT molecular complexity index is 244. The molecule has 3 heteroatoms. The minimum absolute atomic E-state index is 0.159. The van der Waals surface area contributed by atoms with E-state index >= 15 is 0 Å². The maximum absolute atomic E-state index is 8.95. The van der Waals surface area contributed by atoms with E-state index in [0.29, 0.717) is 6.54 Å². The van der Waals surface area contributed by atoms with E-state index < -0.39 is 0 Å². The molecular formula is C10H14BrNO. The van der Waals surface area contributed by atoms with Crippen LogP contribution in [0.4, 0.5) is 0 Å². The van der Waals surface area contributed by atoms with Gasteiger partial charge in [0.1, 0.15) is 0 Å². The smallest absolute Gasteiger partial charge is 0.0474 e. The van der Waals surface area contributed by atoms with Crippen molar-refractivity contribution in [2.75, 3.05) is 13.2 Å². The highest BCUT2D eigenvalue weighted by molar-refractivity contribution is 9.10. The number of rotatable bonds is 4. The predicted octanol–water partition coefficient (Wildman–Crippen LogP) is 1.56. The van der Waals surface area contributed by atoms with Crippen molar-refractivity contribution in [2.24, 2.45) is 11.7 Å². The molecule has 0 aliphatic rings. The number of hydrogen-bond donors (Lipinski definition) is 2. The molecule has 0 unspecified atom stereocenters. The van der Waals surface area contributed by atoms with Gasteiger partial charge in [-0.1, -0.05) is 28.1 Å². The summed E-state index contributed by atoms with van der Waals surface area (Å²) in [7, 11) is 0. The molecule has 2 nitrogen and oxygen atoms in total. The summed E-state index contributed by atoms with van der Waals surface area (Å²) in [4.78, 5) is 0. The predicted molar refractivity (Wildman–Crippen MR) is 57.5 cm³/mol. The molecule has 0 bridgehead atoms. The van der Waals surface area contributed by atoms with Crippen LogP contribution in [0.5, 0.6) is 0 Å². The first-order chi connectivity index (χ1) is 6.26. The van der Waals surface area contributed by atoms with Gasteiger partial charge < -0.3 is 10.8 Å². The van der Waals surface area contributed by atoms with Crippen LogP contribution in [0.2, 0.25) is 0 Å². The third-order valence-electron chi connectivity index (χ3n) is 2.03. The van der Waals surface area contributed by atoms with Crippen LogP contribution in [-0.4, -0.2) is 18.3 Å². The lowest BCUT2D eigenvalue weighted by atomic mass is 10.0. The third-order valence-corrected chi connectivity index (χ3v) is 2.56. The van der Waals surface area contributed by atoms with E-state index in [2.05, 4.69) is 15.9 Å². The van der Waals surface area contributed by atoms with Gasteiger partial charge in [-0.25, -0.2) is 0 Å². The van der Waals surface area contributed by atoms with E-state index in [1.807, 2.05) is 24.3 Å². The van der Waals surface area contributed by atoms with Crippen LogP contribution >= 0.6 is 15.9 Å². The van der Waals surface area contributed by atoms with Gasteiger partial charge in [-0.15, -0.1) is 0 Å². The zero-order valence-corrected chi connectivity index (χ0v) is 9.00. The van der Waals surface area contributed by atoms with E-state index in [1.54, 1.807) is 0 Å². The number of nitrogens with two attached hydrogens (primary N) is 1. The summed E-state index contributed by atoms with van der Waals surface area (Å²) in [6.45, 7) is 0.694. The van der Waals surface area contributed by atoms with Crippen LogP contribution in [0.3, 0.4) is 0 Å². The Morgan fingerprint density at radius 1 is 1.31 bits per heavy atom. The van der Waals surface area contributed by atoms with Crippen molar-refractivity contribution in [1.82, 2.24) is 0 Å². The molecular weight excluding hydrogens is 230 g/mol. The van der Waals surface area contributed by atoms with E-state index in [1.165, 1.54) is 5.56 Å². The molecule has 72 valence electrons. The quantitative estimate of drug-likeness (QED) is 0.844. The average Bonchev–Trinajstić information content (AvgIpc) is 2.17. The van der Waals surface area contributed by atoms with Crippen LogP contribution in [0.25, 0.3) is 0 Å². The van der Waals surface area contributed by atoms with Crippen molar-refractivity contribution >= 4 is 15.9 Å². The lowest BCUT2D eigenvalue weighted by molar-refractivity contribution is 0.230. The molecule has 0 saturated carbocycles. The van der Waals surface area contributed by atoms with Crippen molar-refractivity contribution in [2.45, 2.75) is 6.42 Å². The van der Waals surface area contributed by atoms with E-state index in [9.17, 15) is 0 Å². The monoisotopic (exact) mass is 243 g/mol. The second kappa shape index (κ2) is 5.37. The molecule has 1 aromatic carbocycles. The highest BCUT2D eigenvalue weighted by Gasteiger charge is 2.05. The summed E-state index contributed by atoms with van der Waals surface area (Å²) >= 11 is 3.37. The molecule has 0 aliphatic carbocycles. The highest BCUT2D eigenvalue weighted by Crippen LogP contribution is 2.13. The zero-order chi connectivity index (χ0) is 9.68. The fourth-order valence-electron chi connectivity index (χ4n) is 1.18. The SMILES string of the molecule is NC[C@@H](CO)Cc1ccc(Br)cc1. The van der Waals surface area contributed by atoms with Gasteiger partial charge in [-0.3, -0.25) is 0 Å². The fourth-order valence-corrected chi connectivity index (χ4v) is 1.44. The molecule has 1 rings (SSSR count). The number of benzene rings is 1. The Labute approximate surface area is 86.9 Å². The zero-order valence-electron chi connectivity index (χ0n) is 7.41. The van der Waals surface area contributed by atoms with Crippen LogP contribution < -0.4 is 5.73 Å². The number of hydrogen-bond acceptors (Lipinski definition) is 2. The van der Waals surface area contributed by atoms with Crippen LogP contribution in [-0.2, 0) is 6.42 Å². The molecule has 0 saturated heterocycles. The van der Waals surface area contributed by atoms with E-state index in [4.69, 9.17) is 10.8 Å². The molecule has 13 heavy (non-hydrogen) atoms. The Balaban J connectivity index is 2.58. The summed E-state index contributed by atoms with van der Waals surface area (Å²) in [6.07, 6.45) is 0.847. The van der Waals surface area contributed by atoms with Crippen molar-refractivity contribution < 1.29 is 5.11 Å². The second-order valence-corrected chi connectivity index (χ2v) is 4.03. The summed E-state index contributed by atoms with van der Waals surface area (Å²) in [5.74, 6) is 0.182. The average molecular weight is 244 g/mol. The van der Waals surface area contributed by atoms with E-state index in [0.717, 1.165) is 10.9 Å². The summed E-state index contributed by atoms with van der Waals surface area (Å²) < 4.78 is 1.07.